The molecule has 1 amide bonds. The van der Waals surface area contributed by atoms with Crippen LogP contribution in [0.5, 0.6) is 0 Å². The smallest absolute Gasteiger partial charge is 0.271 e. The largest absolute Gasteiger partial charge is 0.374 e. The van der Waals surface area contributed by atoms with Gasteiger partial charge in [0.05, 0.1) is 22.8 Å². The average molecular weight is 264 g/mol. The molecule has 1 aliphatic heterocycles. The van der Waals surface area contributed by atoms with Crippen LogP contribution >= 0.6 is 0 Å². The third-order valence-corrected chi connectivity index (χ3v) is 2.86. The summed E-state index contributed by atoms with van der Waals surface area (Å²) in [5, 5.41) is 19.8. The van der Waals surface area contributed by atoms with Crippen LogP contribution < -0.4 is 16.0 Å². The molecule has 1 aliphatic rings. The number of nitro benzene ring substituents is 1. The number of hydrogen-bond acceptors (Lipinski definition) is 5. The van der Waals surface area contributed by atoms with Crippen molar-refractivity contribution in [3.05, 3.63) is 27.8 Å². The third kappa shape index (κ3) is 3.00. The van der Waals surface area contributed by atoms with Gasteiger partial charge in [0.15, 0.2) is 0 Å². The van der Waals surface area contributed by atoms with Crippen molar-refractivity contribution in [2.45, 2.75) is 19.9 Å². The Morgan fingerprint density at radius 3 is 2.95 bits per heavy atom. The number of carbonyl (C=O) groups is 1. The number of benzene rings is 1. The third-order valence-electron chi connectivity index (χ3n) is 2.86. The minimum absolute atomic E-state index is 0.0175. The molecule has 0 bridgehead atoms. The fourth-order valence-electron chi connectivity index (χ4n) is 2.00. The van der Waals surface area contributed by atoms with Gasteiger partial charge < -0.3 is 16.0 Å². The highest BCUT2D eigenvalue weighted by atomic mass is 16.6. The number of nitrogens with one attached hydrogen (secondary N) is 3. The molecule has 19 heavy (non-hydrogen) atoms. The molecule has 0 saturated heterocycles. The molecule has 102 valence electrons. The highest BCUT2D eigenvalue weighted by Gasteiger charge is 2.21. The number of anilines is 2. The van der Waals surface area contributed by atoms with Crippen LogP contribution in [0.4, 0.5) is 17.1 Å². The van der Waals surface area contributed by atoms with Crippen molar-refractivity contribution >= 4 is 23.0 Å². The molecule has 0 saturated carbocycles. The first-order valence-corrected chi connectivity index (χ1v) is 6.17. The van der Waals surface area contributed by atoms with Gasteiger partial charge >= 0.3 is 0 Å². The summed E-state index contributed by atoms with van der Waals surface area (Å²) in [5.41, 5.74) is 2.00. The Morgan fingerprint density at radius 1 is 1.47 bits per heavy atom. The van der Waals surface area contributed by atoms with Crippen molar-refractivity contribution in [2.75, 3.05) is 23.7 Å². The number of nitro groups is 1. The van der Waals surface area contributed by atoms with Crippen LogP contribution in [0, 0.1) is 10.1 Å². The van der Waals surface area contributed by atoms with Gasteiger partial charge in [0.2, 0.25) is 5.91 Å². The van der Waals surface area contributed by atoms with Crippen LogP contribution in [0.15, 0.2) is 12.1 Å². The number of nitrogens with zero attached hydrogens (tertiary/aromatic N) is 1. The fraction of sp³-hybridized carbons (Fsp3) is 0.417. The van der Waals surface area contributed by atoms with Crippen LogP contribution in [-0.2, 0) is 11.3 Å². The van der Waals surface area contributed by atoms with Crippen LogP contribution in [-0.4, -0.2) is 23.9 Å². The summed E-state index contributed by atoms with van der Waals surface area (Å²) in [4.78, 5) is 21.8. The number of amides is 1. The average Bonchev–Trinajstić information content (AvgIpc) is 2.38. The van der Waals surface area contributed by atoms with Gasteiger partial charge in [-0.05, 0) is 18.5 Å². The highest BCUT2D eigenvalue weighted by Crippen LogP contribution is 2.33. The first kappa shape index (κ1) is 13.3. The van der Waals surface area contributed by atoms with E-state index in [9.17, 15) is 14.9 Å². The van der Waals surface area contributed by atoms with Crippen LogP contribution in [0.2, 0.25) is 0 Å². The second kappa shape index (κ2) is 5.66. The maximum absolute atomic E-state index is 11.3. The molecule has 1 heterocycles. The molecule has 7 heteroatoms. The van der Waals surface area contributed by atoms with Gasteiger partial charge in [-0.25, -0.2) is 0 Å². The van der Waals surface area contributed by atoms with Crippen molar-refractivity contribution in [3.8, 4) is 0 Å². The molecule has 1 aromatic rings. The maximum Gasteiger partial charge on any atom is 0.271 e. The summed E-state index contributed by atoms with van der Waals surface area (Å²) in [7, 11) is 0. The lowest BCUT2D eigenvalue weighted by Gasteiger charge is -2.21. The van der Waals surface area contributed by atoms with Gasteiger partial charge in [-0.3, -0.25) is 14.9 Å². The summed E-state index contributed by atoms with van der Waals surface area (Å²) in [6, 6.07) is 2.91. The Kier molecular flexibility index (Phi) is 3.96. The van der Waals surface area contributed by atoms with E-state index in [2.05, 4.69) is 16.0 Å². The summed E-state index contributed by atoms with van der Waals surface area (Å²) >= 11 is 0. The van der Waals surface area contributed by atoms with Crippen molar-refractivity contribution in [1.82, 2.24) is 5.32 Å². The fourth-order valence-corrected chi connectivity index (χ4v) is 2.00. The van der Waals surface area contributed by atoms with E-state index in [4.69, 9.17) is 0 Å². The topological polar surface area (TPSA) is 96.3 Å². The van der Waals surface area contributed by atoms with Gasteiger partial charge in [0.1, 0.15) is 0 Å². The molecule has 0 unspecified atom stereocenters. The summed E-state index contributed by atoms with van der Waals surface area (Å²) in [6.07, 6.45) is 0.987. The normalized spacial score (nSPS) is 13.4. The summed E-state index contributed by atoms with van der Waals surface area (Å²) in [5.74, 6) is -0.194. The van der Waals surface area contributed by atoms with Crippen molar-refractivity contribution in [1.29, 1.82) is 0 Å². The molecule has 0 atom stereocenters. The van der Waals surface area contributed by atoms with Crippen molar-refractivity contribution in [2.24, 2.45) is 0 Å². The number of hydrogen-bond donors (Lipinski definition) is 3. The zero-order valence-corrected chi connectivity index (χ0v) is 10.7. The zero-order chi connectivity index (χ0) is 13.8. The highest BCUT2D eigenvalue weighted by molar-refractivity contribution is 6.01. The molecule has 0 fully saturated rings. The molecule has 0 aliphatic carbocycles. The van der Waals surface area contributed by atoms with Crippen LogP contribution in [0.1, 0.15) is 18.9 Å². The molecule has 1 aromatic carbocycles. The Balaban J connectivity index is 2.33. The van der Waals surface area contributed by atoms with E-state index < -0.39 is 4.92 Å². The predicted octanol–water partition coefficient (Wildman–Crippen LogP) is 1.46. The first-order valence-electron chi connectivity index (χ1n) is 6.17. The van der Waals surface area contributed by atoms with Crippen molar-refractivity contribution < 1.29 is 9.72 Å². The number of non-ortho nitro benzene ring substituents is 1. The second-order valence-corrected chi connectivity index (χ2v) is 4.36. The van der Waals surface area contributed by atoms with E-state index in [0.717, 1.165) is 24.2 Å². The maximum atomic E-state index is 11.3. The Labute approximate surface area is 110 Å². The minimum Gasteiger partial charge on any atom is -0.374 e. The Bertz CT molecular complexity index is 516. The number of rotatable bonds is 5. The molecule has 7 nitrogen and oxygen atoms in total. The van der Waals surface area contributed by atoms with E-state index in [1.807, 2.05) is 6.92 Å². The minimum atomic E-state index is -0.454. The van der Waals surface area contributed by atoms with E-state index in [1.54, 1.807) is 0 Å². The number of fused-ring (bicyclic) bond motifs is 1. The standard InChI is InChI=1S/C12H16N4O3/c1-2-3-13-6-8-4-9(16(18)19)5-10-12(8)14-7-11(17)15-10/h4-5,13-14H,2-3,6-7H2,1H3,(H,15,17). The summed E-state index contributed by atoms with van der Waals surface area (Å²) in [6.45, 7) is 3.60. The van der Waals surface area contributed by atoms with E-state index >= 15 is 0 Å². The van der Waals surface area contributed by atoms with Crippen LogP contribution in [0.25, 0.3) is 0 Å². The van der Waals surface area contributed by atoms with Gasteiger partial charge in [0, 0.05) is 18.7 Å². The van der Waals surface area contributed by atoms with E-state index in [1.165, 1.54) is 12.1 Å². The summed E-state index contributed by atoms with van der Waals surface area (Å²) < 4.78 is 0. The van der Waals surface area contributed by atoms with Gasteiger partial charge in [-0.15, -0.1) is 0 Å². The molecule has 2 rings (SSSR count). The lowest BCUT2D eigenvalue weighted by atomic mass is 10.1. The monoisotopic (exact) mass is 264 g/mol. The number of carbonyl (C=O) groups excluding carboxylic acids is 1. The predicted molar refractivity (Wildman–Crippen MR) is 72.2 cm³/mol. The lowest BCUT2D eigenvalue weighted by Crippen LogP contribution is -2.29. The second-order valence-electron chi connectivity index (χ2n) is 4.36. The Hall–Kier alpha value is -2.15. The first-order chi connectivity index (χ1) is 9.11. The molecule has 0 aromatic heterocycles. The Morgan fingerprint density at radius 2 is 2.26 bits per heavy atom. The van der Waals surface area contributed by atoms with Gasteiger partial charge in [-0.2, -0.15) is 0 Å². The van der Waals surface area contributed by atoms with E-state index in [0.29, 0.717) is 12.2 Å². The van der Waals surface area contributed by atoms with Gasteiger partial charge in [-0.1, -0.05) is 6.92 Å². The molecule has 0 radical (unpaired) electrons. The SMILES string of the molecule is CCCNCc1cc([N+](=O)[O-])cc2c1NCC(=O)N2. The lowest BCUT2D eigenvalue weighted by molar-refractivity contribution is -0.384. The molecule has 0 spiro atoms. The van der Waals surface area contributed by atoms with E-state index in [-0.39, 0.29) is 18.1 Å². The van der Waals surface area contributed by atoms with Gasteiger partial charge in [0.25, 0.3) is 5.69 Å². The van der Waals surface area contributed by atoms with Crippen LogP contribution in [0.3, 0.4) is 0 Å². The quantitative estimate of drug-likeness (QED) is 0.425. The molecule has 3 N–H and O–H groups in total. The molecular formula is C12H16N4O3. The zero-order valence-electron chi connectivity index (χ0n) is 10.7. The molecular weight excluding hydrogens is 248 g/mol. The van der Waals surface area contributed by atoms with Crippen molar-refractivity contribution in [3.63, 3.8) is 0 Å².